The highest BCUT2D eigenvalue weighted by atomic mass is 35.5. The molecular weight excluding hydrogens is 2070 g/mol. The molecule has 23 rings (SSSR count). The number of hydrogen-bond donors (Lipinski definition) is 7. The molecule has 23 nitrogen and oxygen atoms in total. The van der Waals surface area contributed by atoms with E-state index in [1.165, 1.54) is 49.1 Å². The number of carboxylic acid groups (broad SMARTS) is 1. The topological polar surface area (TPSA) is 319 Å². The van der Waals surface area contributed by atoms with E-state index in [1.807, 2.05) is 133 Å². The molecule has 12 heterocycles. The van der Waals surface area contributed by atoms with E-state index in [0.717, 1.165) is 84.9 Å². The van der Waals surface area contributed by atoms with Gasteiger partial charge in [0, 0.05) is 114 Å². The van der Waals surface area contributed by atoms with Gasteiger partial charge in [-0.1, -0.05) is 280 Å². The van der Waals surface area contributed by atoms with E-state index >= 15 is 13.6 Å². The zero-order valence-corrected chi connectivity index (χ0v) is 87.5. The zero-order chi connectivity index (χ0) is 106. The number of nitrogens with zero attached hydrogens (tertiary/aromatic N) is 5. The molecule has 4 aromatic heterocycles. The summed E-state index contributed by atoms with van der Waals surface area (Å²) in [5, 5.41) is 29.2. The fourth-order valence-electron chi connectivity index (χ4n) is 22.9. The molecule has 8 aromatic carbocycles. The van der Waals surface area contributed by atoms with Crippen molar-refractivity contribution >= 4 is 181 Å². The van der Waals surface area contributed by atoms with Gasteiger partial charge in [0.15, 0.2) is 50.2 Å². The van der Waals surface area contributed by atoms with Crippen LogP contribution in [0.1, 0.15) is 226 Å². The highest BCUT2D eigenvalue weighted by Crippen LogP contribution is 2.72. The maximum absolute atomic E-state index is 16.5. The Balaban J connectivity index is 0.000000129. The lowest BCUT2D eigenvalue weighted by molar-refractivity contribution is -0.184. The number of aliphatic carboxylic acids is 1. The van der Waals surface area contributed by atoms with Crippen molar-refractivity contribution in [3.63, 3.8) is 0 Å². The summed E-state index contributed by atoms with van der Waals surface area (Å²) in [5.41, 5.74) is 6.17. The van der Waals surface area contributed by atoms with Crippen molar-refractivity contribution in [2.75, 3.05) is 27.8 Å². The third-order valence-corrected chi connectivity index (χ3v) is 32.4. The van der Waals surface area contributed by atoms with Crippen molar-refractivity contribution in [2.45, 2.75) is 195 Å². The van der Waals surface area contributed by atoms with Crippen LogP contribution in [0.2, 0.25) is 40.7 Å². The lowest BCUT2D eigenvalue weighted by Gasteiger charge is -2.57. The van der Waals surface area contributed by atoms with Crippen molar-refractivity contribution in [1.29, 1.82) is 0 Å². The number of halogens is 12. The summed E-state index contributed by atoms with van der Waals surface area (Å²) < 4.78 is 70.3. The van der Waals surface area contributed by atoms with Gasteiger partial charge in [-0.05, 0) is 209 Å². The molecule has 770 valence electrons. The summed E-state index contributed by atoms with van der Waals surface area (Å²) in [6, 6.07) is 63.6. The molecule has 4 amide bonds. The third kappa shape index (κ3) is 21.5. The number of aromatic nitrogens is 4. The number of benzene rings is 8. The maximum atomic E-state index is 16.5. The number of ketones is 1. The largest absolute Gasteiger partial charge is 0.480 e. The fraction of sp³-hybridized carbons (Fsp3) is 0.307. The van der Waals surface area contributed by atoms with Gasteiger partial charge < -0.3 is 35.8 Å². The SMILES string of the molecule is CC1(C)CCC(=O)CC1.CC1(C)CCC2(CC1)N1[C@H](c3ccccc3)[C@H](c3ccccc3)OC(=O)[C@H]1[C@H](c1ccnc(Cl)c1F)[C@@]21C(=O)Nc2cc(Cl)ccc21.CC1(C)CCC2(CC1)N[C@@H](C(=O)O)[C@H](c1ccnc(Cl)c1F)[C@]21C(=O)Nc2cc(Cl)ccc21.O=C1CN[C@H](c2ccccc2)[C@H](c2ccccc2)O1.O=C1Cc2ccc(Cl)cc2N1.O=C1Nc2cc(Cl)ccc2/C1=C\c1ccnc(Cl)c1F.O=Cc1ccnc(Cl)c1F. The second kappa shape index (κ2) is 44.3. The minimum atomic E-state index is -1.39. The smallest absolute Gasteiger partial charge is 0.324 e. The summed E-state index contributed by atoms with van der Waals surface area (Å²) in [7, 11) is 0. The van der Waals surface area contributed by atoms with Crippen molar-refractivity contribution in [3.05, 3.63) is 374 Å². The highest BCUT2D eigenvalue weighted by molar-refractivity contribution is 6.37. The molecule has 0 radical (unpaired) electrons. The lowest BCUT2D eigenvalue weighted by Crippen LogP contribution is -2.64. The molecule has 3 aliphatic carbocycles. The Hall–Kier alpha value is -12.4. The molecule has 149 heavy (non-hydrogen) atoms. The lowest BCUT2D eigenvalue weighted by atomic mass is 9.53. The summed E-state index contributed by atoms with van der Waals surface area (Å²) in [6.45, 7) is 13.5. The summed E-state index contributed by atoms with van der Waals surface area (Å²) in [5.74, 6) is -7.30. The molecule has 7 N–H and O–H groups in total. The van der Waals surface area contributed by atoms with Crippen molar-refractivity contribution in [3.8, 4) is 0 Å². The number of aldehydes is 1. The molecule has 11 aliphatic rings. The van der Waals surface area contributed by atoms with E-state index in [-0.39, 0.29) is 102 Å². The van der Waals surface area contributed by atoms with Crippen LogP contribution < -0.4 is 31.9 Å². The summed E-state index contributed by atoms with van der Waals surface area (Å²) in [6.07, 6.45) is 16.1. The highest BCUT2D eigenvalue weighted by Gasteiger charge is 2.79. The number of anilines is 4. The van der Waals surface area contributed by atoms with Crippen LogP contribution in [-0.4, -0.2) is 113 Å². The molecular formula is C114H103Cl8F4N11O12. The summed E-state index contributed by atoms with van der Waals surface area (Å²) in [4.78, 5) is 129. The van der Waals surface area contributed by atoms with Crippen LogP contribution in [0.25, 0.3) is 11.6 Å². The van der Waals surface area contributed by atoms with Crippen LogP contribution in [0, 0.1) is 39.5 Å². The van der Waals surface area contributed by atoms with E-state index in [2.05, 4.69) is 98.3 Å². The van der Waals surface area contributed by atoms with Gasteiger partial charge in [-0.3, -0.25) is 58.7 Å². The van der Waals surface area contributed by atoms with Gasteiger partial charge in [0.25, 0.3) is 5.91 Å². The molecule has 4 spiro atoms. The summed E-state index contributed by atoms with van der Waals surface area (Å²) >= 11 is 47.5. The maximum Gasteiger partial charge on any atom is 0.324 e. The monoisotopic (exact) mass is 2170 g/mol. The number of nitrogens with one attached hydrogen (secondary N) is 6. The average Bonchev–Trinajstić information content (AvgIpc) is 1.48. The first-order valence-electron chi connectivity index (χ1n) is 48.6. The number of cyclic esters (lactones) is 2. The molecule has 3 saturated carbocycles. The number of rotatable bonds is 9. The zero-order valence-electron chi connectivity index (χ0n) is 81.5. The van der Waals surface area contributed by atoms with Gasteiger partial charge in [0.05, 0.1) is 36.3 Å². The van der Waals surface area contributed by atoms with Gasteiger partial charge >= 0.3 is 17.9 Å². The first-order chi connectivity index (χ1) is 71.1. The molecule has 0 bridgehead atoms. The second-order valence-corrected chi connectivity index (χ2v) is 44.1. The number of pyridine rings is 4. The number of morpholine rings is 2. The van der Waals surface area contributed by atoms with E-state index < -0.39 is 93.2 Å². The molecule has 8 aliphatic heterocycles. The Morgan fingerprint density at radius 1 is 0.443 bits per heavy atom. The first kappa shape index (κ1) is 108. The van der Waals surface area contributed by atoms with Crippen molar-refractivity contribution in [1.82, 2.24) is 35.5 Å². The number of carboxylic acids is 1. The number of carbonyl (C=O) groups is 9. The van der Waals surface area contributed by atoms with Gasteiger partial charge in [0.1, 0.15) is 40.9 Å². The van der Waals surface area contributed by atoms with Crippen LogP contribution in [0.3, 0.4) is 0 Å². The standard InChI is InChI=1S/C38H34Cl2FN3O3.C24H24Cl2FN3O3.C16H15NO2.C14H7Cl2FN2O.C8H6ClNO.C8H14O.C6H3ClFNO/c1-36(2)16-18-37(19-17-36)38(26-14-13-24(39)21-27(26)43-35(38)46)28(25-15-20-42-33(40)29(25)41)31-34(45)47-32(23-11-7-4-8-12-23)30(44(31)37)22-9-5-3-6-10-22;1-22(2)6-8-23(9-7-22)24(14-4-3-12(25)11-15(14)29-21(24)33)16(18(30-23)20(31)32)13-5-10-28-19(26)17(13)27;18-14-11-17-15(12-7-3-1-4-8-12)16(19-14)13-9-5-2-6-10-13;15-8-1-2-9-10(14(20)19-11(9)6-8)5-7-3-4-18-13(16)12(7)17;9-6-2-1-5-3-8(11)10-7(5)4-6;1-8(2)5-3-7(9)4-6-8;7-6-5(8)4(3-10)1-2-9-6/h3-15,20-21,28,30-32H,16-19H2,1-2H3,(H,43,46);3-5,10-11,16,18,30H,6-9H2,1-2H3,(H,29,33)(H,31,32);1-10,15-17H,11H2;1-6H,(H,19,20);1-2,4H,3H2,(H,10,11);3-6H2,1-2H3;1-3H/b;;;10-5+;;;/t28-,30+,31+,32-,38-;16-,18+,24+;15-,16+;;;;/m001..../s1. The van der Waals surface area contributed by atoms with E-state index in [0.29, 0.717) is 109 Å². The average molecular weight is 2180 g/mol. The Morgan fingerprint density at radius 3 is 1.41 bits per heavy atom. The minimum Gasteiger partial charge on any atom is -0.480 e. The van der Waals surface area contributed by atoms with Gasteiger partial charge in [-0.15, -0.1) is 0 Å². The molecule has 4 saturated heterocycles. The van der Waals surface area contributed by atoms with Crippen molar-refractivity contribution in [2.24, 2.45) is 16.2 Å². The van der Waals surface area contributed by atoms with Crippen LogP contribution in [-0.2, 0) is 65.1 Å². The van der Waals surface area contributed by atoms with Crippen LogP contribution in [0.5, 0.6) is 0 Å². The Bertz CT molecular complexity index is 7220. The second-order valence-electron chi connectivity index (χ2n) is 40.9. The van der Waals surface area contributed by atoms with E-state index in [1.54, 1.807) is 66.7 Å². The molecule has 7 fully saturated rings. The number of ether oxygens (including phenoxy) is 2. The van der Waals surface area contributed by atoms with Crippen LogP contribution in [0.4, 0.5) is 40.3 Å². The number of amides is 4. The third-order valence-electron chi connectivity index (χ3n) is 30.4. The van der Waals surface area contributed by atoms with Gasteiger partial charge in [-0.2, -0.15) is 0 Å². The first-order valence-corrected chi connectivity index (χ1v) is 51.6. The Kier molecular flexibility index (Phi) is 32.1. The molecule has 35 heteroatoms. The molecule has 0 unspecified atom stereocenters. The van der Waals surface area contributed by atoms with Crippen molar-refractivity contribution < 1.29 is 75.3 Å². The molecule has 12 aromatic rings. The van der Waals surface area contributed by atoms with Crippen LogP contribution in [0.15, 0.2) is 243 Å². The normalized spacial score (nSPS) is 23.9. The number of hydrogen-bond acceptors (Lipinski definition) is 18. The predicted octanol–water partition coefficient (Wildman–Crippen LogP) is 25.8. The predicted molar refractivity (Wildman–Crippen MR) is 567 cm³/mol. The van der Waals surface area contributed by atoms with E-state index in [4.69, 9.17) is 102 Å². The Labute approximate surface area is 898 Å². The van der Waals surface area contributed by atoms with Crippen LogP contribution >= 0.6 is 92.8 Å². The number of fused-ring (bicyclic) bond motifs is 10. The molecule has 10 atom stereocenters. The fourth-order valence-corrected chi connectivity index (χ4v) is 24.3. The number of esters is 2. The minimum absolute atomic E-state index is 0.000521. The quantitative estimate of drug-likeness (QED) is 0.0232. The number of carbonyl (C=O) groups excluding carboxylic acids is 8. The number of Topliss-reactive ketones (excluding diaryl/α,β-unsaturated/α-hetero) is 1. The Morgan fingerprint density at radius 2 is 0.886 bits per heavy atom. The van der Waals surface area contributed by atoms with E-state index in [9.17, 15) is 52.2 Å². The van der Waals surface area contributed by atoms with Gasteiger partial charge in [0.2, 0.25) is 17.7 Å². The van der Waals surface area contributed by atoms with Gasteiger partial charge in [-0.25, -0.2) is 37.5 Å².